The van der Waals surface area contributed by atoms with Crippen LogP contribution in [0, 0.1) is 5.92 Å². The molecule has 0 fully saturated rings. The van der Waals surface area contributed by atoms with Crippen molar-refractivity contribution < 1.29 is 17.9 Å². The third-order valence-corrected chi connectivity index (χ3v) is 5.57. The molecule has 0 heterocycles. The van der Waals surface area contributed by atoms with Gasteiger partial charge in [-0.1, -0.05) is 25.4 Å². The highest BCUT2D eigenvalue weighted by molar-refractivity contribution is 7.92. The van der Waals surface area contributed by atoms with Crippen molar-refractivity contribution in [3.63, 3.8) is 0 Å². The maximum atomic E-state index is 12.5. The Balaban J connectivity index is 2.17. The number of amides is 1. The first-order chi connectivity index (χ1) is 12.7. The van der Waals surface area contributed by atoms with Gasteiger partial charge in [-0.25, -0.2) is 8.42 Å². The zero-order valence-corrected chi connectivity index (χ0v) is 17.0. The molecule has 0 saturated heterocycles. The average Bonchev–Trinajstić information content (AvgIpc) is 2.62. The monoisotopic (exact) mass is 410 g/mol. The summed E-state index contributed by atoms with van der Waals surface area (Å²) in [5.74, 6) is 0.676. The fourth-order valence-electron chi connectivity index (χ4n) is 2.30. The number of benzene rings is 2. The van der Waals surface area contributed by atoms with Crippen molar-refractivity contribution in [3.05, 3.63) is 53.1 Å². The second-order valence-electron chi connectivity index (χ2n) is 6.41. The van der Waals surface area contributed by atoms with Crippen LogP contribution in [0.1, 0.15) is 30.6 Å². The number of ether oxygens (including phenoxy) is 1. The number of halogens is 1. The van der Waals surface area contributed by atoms with Crippen molar-refractivity contribution in [2.24, 2.45) is 5.92 Å². The van der Waals surface area contributed by atoms with Crippen molar-refractivity contribution in [2.75, 3.05) is 18.4 Å². The fraction of sp³-hybridized carbons (Fsp3) is 0.316. The number of carbonyl (C=O) groups excluding carboxylic acids is 1. The first-order valence-corrected chi connectivity index (χ1v) is 10.3. The molecular weight excluding hydrogens is 388 g/mol. The summed E-state index contributed by atoms with van der Waals surface area (Å²) in [7, 11) is -2.30. The maximum Gasteiger partial charge on any atom is 0.261 e. The zero-order valence-electron chi connectivity index (χ0n) is 15.5. The maximum absolute atomic E-state index is 12.5. The van der Waals surface area contributed by atoms with E-state index in [-0.39, 0.29) is 27.1 Å². The molecule has 0 spiro atoms. The smallest absolute Gasteiger partial charge is 0.261 e. The topological polar surface area (TPSA) is 84.5 Å². The molecular formula is C19H23ClN2O4S. The molecule has 1 amide bonds. The van der Waals surface area contributed by atoms with Gasteiger partial charge >= 0.3 is 0 Å². The van der Waals surface area contributed by atoms with Gasteiger partial charge in [0.2, 0.25) is 0 Å². The molecule has 2 rings (SSSR count). The predicted molar refractivity (Wildman–Crippen MR) is 107 cm³/mol. The molecule has 0 bridgehead atoms. The van der Waals surface area contributed by atoms with E-state index in [0.29, 0.717) is 18.2 Å². The highest BCUT2D eigenvalue weighted by Gasteiger charge is 2.17. The molecule has 0 radical (unpaired) electrons. The Hall–Kier alpha value is -2.25. The molecule has 2 aromatic carbocycles. The first kappa shape index (κ1) is 21.1. The van der Waals surface area contributed by atoms with E-state index >= 15 is 0 Å². The van der Waals surface area contributed by atoms with Crippen LogP contribution >= 0.6 is 11.6 Å². The third-order valence-electron chi connectivity index (χ3n) is 3.84. The Morgan fingerprint density at radius 1 is 1.15 bits per heavy atom. The van der Waals surface area contributed by atoms with E-state index in [9.17, 15) is 13.2 Å². The number of hydrogen-bond donors (Lipinski definition) is 2. The summed E-state index contributed by atoms with van der Waals surface area (Å²) in [5.41, 5.74) is 0.472. The first-order valence-electron chi connectivity index (χ1n) is 8.47. The van der Waals surface area contributed by atoms with E-state index in [2.05, 4.69) is 23.9 Å². The average molecular weight is 411 g/mol. The van der Waals surface area contributed by atoms with Gasteiger partial charge in [-0.15, -0.1) is 0 Å². The molecule has 8 heteroatoms. The summed E-state index contributed by atoms with van der Waals surface area (Å²) < 4.78 is 32.5. The lowest BCUT2D eigenvalue weighted by atomic mass is 10.1. The molecule has 0 unspecified atom stereocenters. The quantitative estimate of drug-likeness (QED) is 0.690. The minimum absolute atomic E-state index is 0.0844. The highest BCUT2D eigenvalue weighted by atomic mass is 35.5. The van der Waals surface area contributed by atoms with Gasteiger partial charge in [-0.2, -0.15) is 0 Å². The Bertz CT molecular complexity index is 896. The second-order valence-corrected chi connectivity index (χ2v) is 8.50. The summed E-state index contributed by atoms with van der Waals surface area (Å²) in [6.07, 6.45) is 0.840. The Kier molecular flexibility index (Phi) is 7.10. The van der Waals surface area contributed by atoms with Crippen molar-refractivity contribution in [1.29, 1.82) is 0 Å². The lowest BCUT2D eigenvalue weighted by Crippen LogP contribution is -2.25. The van der Waals surface area contributed by atoms with Crippen LogP contribution < -0.4 is 14.8 Å². The van der Waals surface area contributed by atoms with Gasteiger partial charge in [-0.3, -0.25) is 9.52 Å². The molecule has 0 aliphatic carbocycles. The molecule has 2 aromatic rings. The van der Waals surface area contributed by atoms with E-state index in [1.165, 1.54) is 37.4 Å². The normalized spacial score (nSPS) is 11.3. The van der Waals surface area contributed by atoms with E-state index in [0.717, 1.165) is 6.42 Å². The number of rotatable bonds is 8. The standard InChI is InChI=1S/C19H23ClN2O4S/c1-13(2)10-11-21-19(23)17-12-14(4-9-18(17)20)22-27(24,25)16-7-5-15(26-3)6-8-16/h4-9,12-13,22H,10-11H2,1-3H3,(H,21,23). The molecule has 146 valence electrons. The molecule has 6 nitrogen and oxygen atoms in total. The van der Waals surface area contributed by atoms with E-state index in [1.54, 1.807) is 12.1 Å². The van der Waals surface area contributed by atoms with Crippen molar-refractivity contribution in [3.8, 4) is 5.75 Å². The summed E-state index contributed by atoms with van der Waals surface area (Å²) in [5, 5.41) is 3.05. The molecule has 0 aliphatic heterocycles. The molecule has 27 heavy (non-hydrogen) atoms. The second kappa shape index (κ2) is 9.10. The molecule has 2 N–H and O–H groups in total. The number of sulfonamides is 1. The van der Waals surface area contributed by atoms with E-state index < -0.39 is 10.0 Å². The predicted octanol–water partition coefficient (Wildman–Crippen LogP) is 3.93. The molecule has 0 aromatic heterocycles. The third kappa shape index (κ3) is 5.87. The van der Waals surface area contributed by atoms with Crippen molar-refractivity contribution in [2.45, 2.75) is 25.2 Å². The van der Waals surface area contributed by atoms with E-state index in [1.807, 2.05) is 0 Å². The van der Waals surface area contributed by atoms with Gasteiger partial charge < -0.3 is 10.1 Å². The number of hydrogen-bond acceptors (Lipinski definition) is 4. The van der Waals surface area contributed by atoms with Crippen molar-refractivity contribution in [1.82, 2.24) is 5.32 Å². The van der Waals surface area contributed by atoms with Crippen molar-refractivity contribution >= 4 is 33.2 Å². The van der Waals surface area contributed by atoms with Crippen LogP contribution in [0.4, 0.5) is 5.69 Å². The Morgan fingerprint density at radius 3 is 2.41 bits per heavy atom. The number of nitrogens with one attached hydrogen (secondary N) is 2. The van der Waals surface area contributed by atoms with Crippen LogP contribution in [0.15, 0.2) is 47.4 Å². The van der Waals surface area contributed by atoms with Gasteiger partial charge in [0.05, 0.1) is 22.6 Å². The molecule has 0 aliphatic rings. The number of anilines is 1. The highest BCUT2D eigenvalue weighted by Crippen LogP contribution is 2.24. The largest absolute Gasteiger partial charge is 0.497 e. The Morgan fingerprint density at radius 2 is 1.81 bits per heavy atom. The van der Waals surface area contributed by atoms with Crippen LogP contribution in [-0.4, -0.2) is 28.0 Å². The minimum Gasteiger partial charge on any atom is -0.497 e. The van der Waals surface area contributed by atoms with Crippen LogP contribution in [0.3, 0.4) is 0 Å². The zero-order chi connectivity index (χ0) is 20.0. The minimum atomic E-state index is -3.80. The summed E-state index contributed by atoms with van der Waals surface area (Å²) in [6.45, 7) is 4.65. The van der Waals surface area contributed by atoms with Gasteiger partial charge in [0.15, 0.2) is 0 Å². The van der Waals surface area contributed by atoms with Gasteiger partial charge in [0.1, 0.15) is 5.75 Å². The molecule has 0 saturated carbocycles. The van der Waals surface area contributed by atoms with Gasteiger partial charge in [-0.05, 0) is 54.8 Å². The SMILES string of the molecule is COc1ccc(S(=O)(=O)Nc2ccc(Cl)c(C(=O)NCCC(C)C)c2)cc1. The lowest BCUT2D eigenvalue weighted by molar-refractivity contribution is 0.0952. The van der Waals surface area contributed by atoms with Crippen LogP contribution in [-0.2, 0) is 10.0 Å². The van der Waals surface area contributed by atoms with E-state index in [4.69, 9.17) is 16.3 Å². The summed E-state index contributed by atoms with van der Waals surface area (Å²) in [4.78, 5) is 12.4. The van der Waals surface area contributed by atoms with Crippen LogP contribution in [0.25, 0.3) is 0 Å². The summed E-state index contributed by atoms with van der Waals surface area (Å²) in [6, 6.07) is 10.4. The van der Waals surface area contributed by atoms with Gasteiger partial charge in [0.25, 0.3) is 15.9 Å². The van der Waals surface area contributed by atoms with Crippen LogP contribution in [0.2, 0.25) is 5.02 Å². The lowest BCUT2D eigenvalue weighted by Gasteiger charge is -2.12. The summed E-state index contributed by atoms with van der Waals surface area (Å²) >= 11 is 6.10. The van der Waals surface area contributed by atoms with Gasteiger partial charge in [0, 0.05) is 12.2 Å². The molecule has 0 atom stereocenters. The Labute approximate surface area is 164 Å². The fourth-order valence-corrected chi connectivity index (χ4v) is 3.55. The number of carbonyl (C=O) groups is 1. The number of methoxy groups -OCH3 is 1. The van der Waals surface area contributed by atoms with Crippen LogP contribution in [0.5, 0.6) is 5.75 Å².